The molecule has 2 N–H and O–H groups in total. The molecule has 0 bridgehead atoms. The Morgan fingerprint density at radius 1 is 1.47 bits per heavy atom. The first-order valence-corrected chi connectivity index (χ1v) is 5.63. The predicted molar refractivity (Wildman–Crippen MR) is 61.7 cm³/mol. The predicted octanol–water partition coefficient (Wildman–Crippen LogP) is 1.81. The zero-order chi connectivity index (χ0) is 10.9. The van der Waals surface area contributed by atoms with Gasteiger partial charge in [0, 0.05) is 12.5 Å². The number of benzene rings is 1. The van der Waals surface area contributed by atoms with Crippen molar-refractivity contribution in [1.82, 2.24) is 5.32 Å². The lowest BCUT2D eigenvalue weighted by atomic mass is 9.77. The normalized spacial score (nSPS) is 31.5. The topological polar surface area (TPSA) is 32.3 Å². The first kappa shape index (κ1) is 10.7. The third-order valence-electron chi connectivity index (χ3n) is 3.47. The fraction of sp³-hybridized carbons (Fsp3) is 0.538. The van der Waals surface area contributed by atoms with Crippen LogP contribution in [0.5, 0.6) is 0 Å². The van der Waals surface area contributed by atoms with E-state index in [1.54, 1.807) is 0 Å². The smallest absolute Gasteiger partial charge is 0.0946 e. The zero-order valence-corrected chi connectivity index (χ0v) is 9.46. The second kappa shape index (κ2) is 3.95. The summed E-state index contributed by atoms with van der Waals surface area (Å²) in [4.78, 5) is 0. The van der Waals surface area contributed by atoms with Crippen molar-refractivity contribution < 1.29 is 5.11 Å². The van der Waals surface area contributed by atoms with Gasteiger partial charge in [0.2, 0.25) is 0 Å². The summed E-state index contributed by atoms with van der Waals surface area (Å²) in [5.41, 5.74) is 1.64. The van der Waals surface area contributed by atoms with Crippen molar-refractivity contribution in [2.24, 2.45) is 5.92 Å². The third-order valence-corrected chi connectivity index (χ3v) is 3.47. The fourth-order valence-corrected chi connectivity index (χ4v) is 2.36. The molecule has 15 heavy (non-hydrogen) atoms. The van der Waals surface area contributed by atoms with Crippen molar-refractivity contribution in [2.45, 2.75) is 25.9 Å². The van der Waals surface area contributed by atoms with E-state index in [1.807, 2.05) is 12.1 Å². The molecule has 2 rings (SSSR count). The van der Waals surface area contributed by atoms with Crippen molar-refractivity contribution in [3.8, 4) is 0 Å². The van der Waals surface area contributed by atoms with E-state index in [0.717, 1.165) is 25.1 Å². The highest BCUT2D eigenvalue weighted by molar-refractivity contribution is 5.28. The van der Waals surface area contributed by atoms with Gasteiger partial charge in [-0.05, 0) is 25.5 Å². The van der Waals surface area contributed by atoms with Crippen LogP contribution in [0.3, 0.4) is 0 Å². The highest BCUT2D eigenvalue weighted by Crippen LogP contribution is 2.34. The van der Waals surface area contributed by atoms with E-state index >= 15 is 0 Å². The van der Waals surface area contributed by atoms with Crippen LogP contribution in [0, 0.1) is 12.8 Å². The van der Waals surface area contributed by atoms with E-state index < -0.39 is 5.60 Å². The number of piperidine rings is 1. The van der Waals surface area contributed by atoms with E-state index in [2.05, 4.69) is 31.3 Å². The molecule has 0 saturated carbocycles. The number of rotatable bonds is 1. The Morgan fingerprint density at radius 3 is 2.93 bits per heavy atom. The molecule has 1 aromatic carbocycles. The number of hydrogen-bond donors (Lipinski definition) is 2. The summed E-state index contributed by atoms with van der Waals surface area (Å²) in [5, 5.41) is 14.0. The average Bonchev–Trinajstić information content (AvgIpc) is 2.23. The minimum atomic E-state index is -0.642. The van der Waals surface area contributed by atoms with Crippen LogP contribution in [0.1, 0.15) is 24.5 Å². The van der Waals surface area contributed by atoms with Gasteiger partial charge in [0.05, 0.1) is 5.60 Å². The molecule has 1 aromatic rings. The van der Waals surface area contributed by atoms with E-state index in [1.165, 1.54) is 5.56 Å². The molecule has 82 valence electrons. The summed E-state index contributed by atoms with van der Waals surface area (Å²) >= 11 is 0. The molecule has 1 saturated heterocycles. The molecule has 2 heteroatoms. The molecule has 0 aromatic heterocycles. The molecule has 0 unspecified atom stereocenters. The van der Waals surface area contributed by atoms with Crippen molar-refractivity contribution in [2.75, 3.05) is 13.1 Å². The second-order valence-corrected chi connectivity index (χ2v) is 4.65. The monoisotopic (exact) mass is 205 g/mol. The quantitative estimate of drug-likeness (QED) is 0.733. The summed E-state index contributed by atoms with van der Waals surface area (Å²) in [6, 6.07) is 8.23. The minimum Gasteiger partial charge on any atom is -0.385 e. The molecular formula is C13H19NO. The standard InChI is InChI=1S/C13H19NO/c1-10-4-3-5-12(8-10)13(15)6-7-14-9-11(13)2/h3-5,8,11,14-15H,6-7,9H2,1-2H3/t11-,13-/m0/s1. The van der Waals surface area contributed by atoms with E-state index in [-0.39, 0.29) is 5.92 Å². The van der Waals surface area contributed by atoms with Crippen LogP contribution >= 0.6 is 0 Å². The lowest BCUT2D eigenvalue weighted by Crippen LogP contribution is -2.46. The molecule has 1 fully saturated rings. The Kier molecular flexibility index (Phi) is 2.81. The van der Waals surface area contributed by atoms with Crippen molar-refractivity contribution in [3.63, 3.8) is 0 Å². The number of nitrogens with one attached hydrogen (secondary N) is 1. The molecule has 0 spiro atoms. The largest absolute Gasteiger partial charge is 0.385 e. The molecule has 2 atom stereocenters. The summed E-state index contributed by atoms with van der Waals surface area (Å²) in [6.07, 6.45) is 0.803. The maximum Gasteiger partial charge on any atom is 0.0946 e. The van der Waals surface area contributed by atoms with E-state index in [0.29, 0.717) is 0 Å². The minimum absolute atomic E-state index is 0.271. The molecule has 2 nitrogen and oxygen atoms in total. The van der Waals surface area contributed by atoms with Gasteiger partial charge in [0.25, 0.3) is 0 Å². The lowest BCUT2D eigenvalue weighted by molar-refractivity contribution is -0.0392. The molecule has 1 heterocycles. The van der Waals surface area contributed by atoms with Crippen LogP contribution in [-0.4, -0.2) is 18.2 Å². The van der Waals surface area contributed by atoms with E-state index in [4.69, 9.17) is 0 Å². The van der Waals surface area contributed by atoms with Crippen LogP contribution in [0.25, 0.3) is 0 Å². The van der Waals surface area contributed by atoms with Crippen LogP contribution in [0.15, 0.2) is 24.3 Å². The molecule has 1 aliphatic heterocycles. The highest BCUT2D eigenvalue weighted by atomic mass is 16.3. The van der Waals surface area contributed by atoms with Crippen molar-refractivity contribution in [3.05, 3.63) is 35.4 Å². The van der Waals surface area contributed by atoms with Gasteiger partial charge in [0.1, 0.15) is 0 Å². The fourth-order valence-electron chi connectivity index (χ4n) is 2.36. The molecule has 1 aliphatic rings. The maximum atomic E-state index is 10.7. The van der Waals surface area contributed by atoms with Gasteiger partial charge >= 0.3 is 0 Å². The Bertz CT molecular complexity index is 350. The lowest BCUT2D eigenvalue weighted by Gasteiger charge is -2.39. The maximum absolute atomic E-state index is 10.7. The van der Waals surface area contributed by atoms with Crippen molar-refractivity contribution >= 4 is 0 Å². The first-order valence-electron chi connectivity index (χ1n) is 5.63. The summed E-state index contributed by atoms with van der Waals surface area (Å²) in [6.45, 7) is 5.96. The van der Waals surface area contributed by atoms with Crippen LogP contribution in [-0.2, 0) is 5.60 Å². The van der Waals surface area contributed by atoms with Crippen molar-refractivity contribution in [1.29, 1.82) is 0 Å². The van der Waals surface area contributed by atoms with Crippen LogP contribution in [0.4, 0.5) is 0 Å². The summed E-state index contributed by atoms with van der Waals surface area (Å²) < 4.78 is 0. The van der Waals surface area contributed by atoms with Gasteiger partial charge in [-0.3, -0.25) is 0 Å². The first-order chi connectivity index (χ1) is 7.13. The number of aliphatic hydroxyl groups is 1. The Hall–Kier alpha value is -0.860. The van der Waals surface area contributed by atoms with Gasteiger partial charge in [-0.25, -0.2) is 0 Å². The Morgan fingerprint density at radius 2 is 2.27 bits per heavy atom. The SMILES string of the molecule is Cc1cccc([C@]2(O)CCNC[C@@H]2C)c1. The summed E-state index contributed by atoms with van der Waals surface area (Å²) in [7, 11) is 0. The Labute approximate surface area is 91.3 Å². The average molecular weight is 205 g/mol. The molecule has 0 radical (unpaired) electrons. The molecular weight excluding hydrogens is 186 g/mol. The molecule has 0 aliphatic carbocycles. The second-order valence-electron chi connectivity index (χ2n) is 4.65. The Balaban J connectivity index is 2.34. The van der Waals surface area contributed by atoms with Gasteiger partial charge in [-0.2, -0.15) is 0 Å². The van der Waals surface area contributed by atoms with Crippen LogP contribution < -0.4 is 5.32 Å². The van der Waals surface area contributed by atoms with Gasteiger partial charge in [-0.1, -0.05) is 36.8 Å². The highest BCUT2D eigenvalue weighted by Gasteiger charge is 2.37. The zero-order valence-electron chi connectivity index (χ0n) is 9.46. The van der Waals surface area contributed by atoms with Gasteiger partial charge in [0.15, 0.2) is 0 Å². The van der Waals surface area contributed by atoms with Crippen LogP contribution in [0.2, 0.25) is 0 Å². The number of aryl methyl sites for hydroxylation is 1. The van der Waals surface area contributed by atoms with Gasteiger partial charge < -0.3 is 10.4 Å². The molecule has 0 amide bonds. The van der Waals surface area contributed by atoms with E-state index in [9.17, 15) is 5.11 Å². The number of hydrogen-bond acceptors (Lipinski definition) is 2. The van der Waals surface area contributed by atoms with Gasteiger partial charge in [-0.15, -0.1) is 0 Å². The summed E-state index contributed by atoms with van der Waals surface area (Å²) in [5.74, 6) is 0.271. The third kappa shape index (κ3) is 1.92.